The average Bonchev–Trinajstić information content (AvgIpc) is 2.80. The molecule has 2 aliphatic heterocycles. The number of ether oxygens (including phenoxy) is 1. The zero-order valence-electron chi connectivity index (χ0n) is 12.1. The minimum Gasteiger partial charge on any atom is -0.480 e. The number of carboxylic acids is 1. The maximum Gasteiger partial charge on any atom is 0.327 e. The highest BCUT2D eigenvalue weighted by Gasteiger charge is 2.42. The number of urea groups is 1. The van der Waals surface area contributed by atoms with Crippen molar-refractivity contribution in [3.63, 3.8) is 0 Å². The highest BCUT2D eigenvalue weighted by atomic mass is 32.2. The van der Waals surface area contributed by atoms with Crippen LogP contribution in [0.25, 0.3) is 0 Å². The number of carbonyl (C=O) groups is 2. The lowest BCUT2D eigenvalue weighted by Crippen LogP contribution is -2.55. The van der Waals surface area contributed by atoms with E-state index >= 15 is 0 Å². The Balaban J connectivity index is 2.08. The summed E-state index contributed by atoms with van der Waals surface area (Å²) in [6.45, 7) is 5.20. The molecule has 114 valence electrons. The summed E-state index contributed by atoms with van der Waals surface area (Å²) in [6.07, 6.45) is 0.915. The zero-order chi connectivity index (χ0) is 14.9. The molecule has 20 heavy (non-hydrogen) atoms. The van der Waals surface area contributed by atoms with Crippen molar-refractivity contribution in [1.29, 1.82) is 0 Å². The minimum atomic E-state index is -0.927. The molecule has 0 bridgehead atoms. The van der Waals surface area contributed by atoms with Crippen molar-refractivity contribution in [2.24, 2.45) is 5.92 Å². The van der Waals surface area contributed by atoms with Gasteiger partial charge in [-0.15, -0.1) is 11.8 Å². The van der Waals surface area contributed by atoms with Gasteiger partial charge in [0.2, 0.25) is 0 Å². The molecule has 2 rings (SSSR count). The number of thioether (sulfide) groups is 1. The molecule has 2 aliphatic rings. The van der Waals surface area contributed by atoms with Crippen LogP contribution in [0.2, 0.25) is 0 Å². The van der Waals surface area contributed by atoms with Crippen molar-refractivity contribution in [2.75, 3.05) is 26.0 Å². The standard InChI is InChI=1S/C13H22N2O4S/c1-8-4-5-14(6-11(8)19-3)13(18)15-9(2)20-7-10(15)12(16)17/h8-11H,4-7H2,1-3H3,(H,16,17). The van der Waals surface area contributed by atoms with Gasteiger partial charge >= 0.3 is 12.0 Å². The predicted octanol–water partition coefficient (Wildman–Crippen LogP) is 1.31. The first-order valence-corrected chi connectivity index (χ1v) is 7.95. The monoisotopic (exact) mass is 302 g/mol. The average molecular weight is 302 g/mol. The van der Waals surface area contributed by atoms with E-state index in [-0.39, 0.29) is 17.5 Å². The third-order valence-electron chi connectivity index (χ3n) is 4.19. The SMILES string of the molecule is COC1CN(C(=O)N2C(C)SCC2C(=O)O)CCC1C. The van der Waals surface area contributed by atoms with Crippen LogP contribution in [0.3, 0.4) is 0 Å². The number of methoxy groups -OCH3 is 1. The summed E-state index contributed by atoms with van der Waals surface area (Å²) in [5.41, 5.74) is 0. The molecule has 2 heterocycles. The van der Waals surface area contributed by atoms with E-state index in [2.05, 4.69) is 6.92 Å². The van der Waals surface area contributed by atoms with Crippen molar-refractivity contribution in [3.8, 4) is 0 Å². The largest absolute Gasteiger partial charge is 0.480 e. The molecule has 2 fully saturated rings. The molecule has 0 aliphatic carbocycles. The number of rotatable bonds is 2. The van der Waals surface area contributed by atoms with E-state index < -0.39 is 12.0 Å². The van der Waals surface area contributed by atoms with Crippen LogP contribution in [0, 0.1) is 5.92 Å². The molecule has 2 saturated heterocycles. The maximum absolute atomic E-state index is 12.6. The number of nitrogens with zero attached hydrogens (tertiary/aromatic N) is 2. The van der Waals surface area contributed by atoms with Crippen LogP contribution in [0.1, 0.15) is 20.3 Å². The molecular weight excluding hydrogens is 280 g/mol. The summed E-state index contributed by atoms with van der Waals surface area (Å²) in [4.78, 5) is 27.1. The molecule has 7 heteroatoms. The van der Waals surface area contributed by atoms with Gasteiger partial charge in [0, 0.05) is 26.0 Å². The van der Waals surface area contributed by atoms with Gasteiger partial charge in [0.1, 0.15) is 6.04 Å². The Morgan fingerprint density at radius 2 is 2.05 bits per heavy atom. The second-order valence-corrected chi connectivity index (χ2v) is 6.81. The highest BCUT2D eigenvalue weighted by molar-refractivity contribution is 8.00. The first-order chi connectivity index (χ1) is 9.45. The van der Waals surface area contributed by atoms with Gasteiger partial charge in [-0.25, -0.2) is 9.59 Å². The molecule has 4 atom stereocenters. The molecule has 0 aromatic heterocycles. The molecule has 4 unspecified atom stereocenters. The number of aliphatic carboxylic acids is 1. The van der Waals surface area contributed by atoms with Crippen LogP contribution in [0.5, 0.6) is 0 Å². The highest BCUT2D eigenvalue weighted by Crippen LogP contribution is 2.31. The van der Waals surface area contributed by atoms with E-state index in [1.54, 1.807) is 12.0 Å². The summed E-state index contributed by atoms with van der Waals surface area (Å²) < 4.78 is 5.41. The maximum atomic E-state index is 12.6. The van der Waals surface area contributed by atoms with Crippen LogP contribution >= 0.6 is 11.8 Å². The molecule has 0 spiro atoms. The third kappa shape index (κ3) is 2.88. The van der Waals surface area contributed by atoms with Gasteiger partial charge in [0.25, 0.3) is 0 Å². The van der Waals surface area contributed by atoms with Crippen molar-refractivity contribution in [2.45, 2.75) is 37.8 Å². The van der Waals surface area contributed by atoms with Gasteiger partial charge in [0.05, 0.1) is 11.5 Å². The second-order valence-electron chi connectivity index (χ2n) is 5.46. The summed E-state index contributed by atoms with van der Waals surface area (Å²) in [6, 6.07) is -0.897. The van der Waals surface area contributed by atoms with Crippen LogP contribution < -0.4 is 0 Å². The number of piperidine rings is 1. The van der Waals surface area contributed by atoms with E-state index in [0.717, 1.165) is 6.42 Å². The molecule has 0 aromatic rings. The molecule has 0 saturated carbocycles. The number of hydrogen-bond acceptors (Lipinski definition) is 4. The summed E-state index contributed by atoms with van der Waals surface area (Å²) in [7, 11) is 1.66. The minimum absolute atomic E-state index is 0.0292. The van der Waals surface area contributed by atoms with E-state index in [4.69, 9.17) is 4.74 Å². The number of likely N-dealkylation sites (tertiary alicyclic amines) is 1. The molecular formula is C13H22N2O4S. The summed E-state index contributed by atoms with van der Waals surface area (Å²) in [5.74, 6) is -0.0474. The first kappa shape index (κ1) is 15.4. The fourth-order valence-corrected chi connectivity index (χ4v) is 3.96. The van der Waals surface area contributed by atoms with Gasteiger partial charge in [0.15, 0.2) is 0 Å². The van der Waals surface area contributed by atoms with Gasteiger partial charge in [-0.1, -0.05) is 6.92 Å². The van der Waals surface area contributed by atoms with Crippen LogP contribution in [-0.2, 0) is 9.53 Å². The molecule has 2 amide bonds. The molecule has 1 N–H and O–H groups in total. The first-order valence-electron chi connectivity index (χ1n) is 6.90. The van der Waals surface area contributed by atoms with Crippen molar-refractivity contribution in [1.82, 2.24) is 9.80 Å². The Labute approximate surface area is 123 Å². The Bertz CT molecular complexity index is 393. The van der Waals surface area contributed by atoms with Gasteiger partial charge in [-0.2, -0.15) is 0 Å². The Morgan fingerprint density at radius 1 is 1.35 bits per heavy atom. The lowest BCUT2D eigenvalue weighted by Gasteiger charge is -2.39. The molecule has 6 nitrogen and oxygen atoms in total. The Morgan fingerprint density at radius 3 is 2.65 bits per heavy atom. The normalized spacial score (nSPS) is 34.4. The number of carbonyl (C=O) groups excluding carboxylic acids is 1. The summed E-state index contributed by atoms with van der Waals surface area (Å²) in [5, 5.41) is 9.14. The Hall–Kier alpha value is -0.950. The quantitative estimate of drug-likeness (QED) is 0.833. The lowest BCUT2D eigenvalue weighted by atomic mass is 9.96. The molecule has 0 radical (unpaired) electrons. The van der Waals surface area contributed by atoms with E-state index in [1.165, 1.54) is 16.7 Å². The van der Waals surface area contributed by atoms with Crippen LogP contribution in [0.4, 0.5) is 4.79 Å². The van der Waals surface area contributed by atoms with Crippen LogP contribution in [-0.4, -0.2) is 70.4 Å². The number of amides is 2. The van der Waals surface area contributed by atoms with Crippen molar-refractivity contribution < 1.29 is 19.4 Å². The number of carboxylic acid groups (broad SMARTS) is 1. The fraction of sp³-hybridized carbons (Fsp3) is 0.846. The second kappa shape index (κ2) is 6.22. The topological polar surface area (TPSA) is 70.1 Å². The predicted molar refractivity (Wildman–Crippen MR) is 76.7 cm³/mol. The van der Waals surface area contributed by atoms with Crippen molar-refractivity contribution in [3.05, 3.63) is 0 Å². The fourth-order valence-electron chi connectivity index (χ4n) is 2.80. The van der Waals surface area contributed by atoms with Gasteiger partial charge in [-0.05, 0) is 19.3 Å². The summed E-state index contributed by atoms with van der Waals surface area (Å²) >= 11 is 1.51. The third-order valence-corrected chi connectivity index (χ3v) is 5.41. The van der Waals surface area contributed by atoms with E-state index in [0.29, 0.717) is 24.8 Å². The van der Waals surface area contributed by atoms with Gasteiger partial charge in [-0.3, -0.25) is 4.90 Å². The van der Waals surface area contributed by atoms with Crippen LogP contribution in [0.15, 0.2) is 0 Å². The van der Waals surface area contributed by atoms with Crippen molar-refractivity contribution >= 4 is 23.8 Å². The Kier molecular flexibility index (Phi) is 4.80. The lowest BCUT2D eigenvalue weighted by molar-refractivity contribution is -0.141. The number of hydrogen-bond donors (Lipinski definition) is 1. The smallest absolute Gasteiger partial charge is 0.327 e. The van der Waals surface area contributed by atoms with E-state index in [9.17, 15) is 14.7 Å². The zero-order valence-corrected chi connectivity index (χ0v) is 12.9. The molecule has 0 aromatic carbocycles. The van der Waals surface area contributed by atoms with E-state index in [1.807, 2.05) is 6.92 Å². The van der Waals surface area contributed by atoms with Gasteiger partial charge < -0.3 is 14.7 Å².